The van der Waals surface area contributed by atoms with E-state index >= 15 is 0 Å². The Morgan fingerprint density at radius 3 is 2.46 bits per heavy atom. The smallest absolute Gasteiger partial charge is 0.322 e. The van der Waals surface area contributed by atoms with Gasteiger partial charge >= 0.3 is 6.03 Å². The van der Waals surface area contributed by atoms with Gasteiger partial charge in [-0.25, -0.2) is 4.79 Å². The third kappa shape index (κ3) is 2.90. The van der Waals surface area contributed by atoms with E-state index in [4.69, 9.17) is 4.42 Å². The van der Waals surface area contributed by atoms with Gasteiger partial charge in [0.15, 0.2) is 0 Å². The molecule has 0 bridgehead atoms. The molecule has 1 aromatic heterocycles. The first-order valence-electron chi connectivity index (χ1n) is 8.63. The predicted octanol–water partition coefficient (Wildman–Crippen LogP) is 5.81. The molecule has 0 aliphatic heterocycles. The second-order valence-electron chi connectivity index (χ2n) is 6.43. The number of rotatable bonds is 3. The third-order valence-corrected chi connectivity index (χ3v) is 4.79. The molecule has 4 nitrogen and oxygen atoms in total. The molecule has 26 heavy (non-hydrogen) atoms. The lowest BCUT2D eigenvalue weighted by Crippen LogP contribution is -2.33. The van der Waals surface area contributed by atoms with Crippen LogP contribution in [0.3, 0.4) is 0 Å². The molecule has 1 N–H and O–H groups in total. The molecule has 0 aliphatic rings. The summed E-state index contributed by atoms with van der Waals surface area (Å²) in [7, 11) is 1.78. The maximum atomic E-state index is 12.8. The summed E-state index contributed by atoms with van der Waals surface area (Å²) in [6.45, 7) is 1.96. The highest BCUT2D eigenvalue weighted by atomic mass is 16.3. The molecule has 1 heterocycles. The quantitative estimate of drug-likeness (QED) is 0.509. The summed E-state index contributed by atoms with van der Waals surface area (Å²) in [5, 5.41) is 6.17. The van der Waals surface area contributed by atoms with Gasteiger partial charge in [-0.15, -0.1) is 0 Å². The Hall–Kier alpha value is -3.27. The number of amides is 2. The molecule has 4 rings (SSSR count). The molecular formula is C22H20N2O2. The lowest BCUT2D eigenvalue weighted by molar-refractivity contribution is 0.202. The Morgan fingerprint density at radius 1 is 0.962 bits per heavy atom. The highest BCUT2D eigenvalue weighted by molar-refractivity contribution is 6.01. The zero-order valence-electron chi connectivity index (χ0n) is 14.8. The van der Waals surface area contributed by atoms with Crippen molar-refractivity contribution in [1.82, 2.24) is 4.90 Å². The van der Waals surface area contributed by atoms with Gasteiger partial charge in [-0.3, -0.25) is 0 Å². The fourth-order valence-electron chi connectivity index (χ4n) is 3.11. The van der Waals surface area contributed by atoms with Crippen molar-refractivity contribution in [2.24, 2.45) is 0 Å². The van der Waals surface area contributed by atoms with Gasteiger partial charge in [-0.2, -0.15) is 0 Å². The highest BCUT2D eigenvalue weighted by Crippen LogP contribution is 2.28. The van der Waals surface area contributed by atoms with E-state index in [-0.39, 0.29) is 12.1 Å². The second-order valence-corrected chi connectivity index (χ2v) is 6.43. The van der Waals surface area contributed by atoms with Gasteiger partial charge in [0, 0.05) is 17.8 Å². The standard InChI is InChI=1S/C22H20N2O2/c1-15(21-14-17-9-4-6-13-20(17)26-21)24(2)22(25)23-19-12-7-10-16-8-3-5-11-18(16)19/h3-15H,1-2H3,(H,23,25)/t15-/m1/s1. The maximum absolute atomic E-state index is 12.8. The minimum Gasteiger partial charge on any atom is -0.459 e. The number of hydrogen-bond donors (Lipinski definition) is 1. The predicted molar refractivity (Wildman–Crippen MR) is 105 cm³/mol. The van der Waals surface area contributed by atoms with Crippen LogP contribution in [0.25, 0.3) is 21.7 Å². The number of carbonyl (C=O) groups is 1. The van der Waals surface area contributed by atoms with E-state index in [0.29, 0.717) is 0 Å². The molecule has 0 saturated carbocycles. The van der Waals surface area contributed by atoms with Crippen LogP contribution in [-0.2, 0) is 0 Å². The number of anilines is 1. The van der Waals surface area contributed by atoms with Crippen LogP contribution in [0, 0.1) is 0 Å². The van der Waals surface area contributed by atoms with Crippen LogP contribution in [0.5, 0.6) is 0 Å². The molecule has 0 radical (unpaired) electrons. The maximum Gasteiger partial charge on any atom is 0.322 e. The van der Waals surface area contributed by atoms with E-state index in [1.165, 1.54) is 0 Å². The van der Waals surface area contributed by atoms with E-state index in [0.717, 1.165) is 33.2 Å². The molecule has 0 spiro atoms. The fraction of sp³-hybridized carbons (Fsp3) is 0.136. The van der Waals surface area contributed by atoms with Gasteiger partial charge in [-0.1, -0.05) is 54.6 Å². The van der Waals surface area contributed by atoms with Gasteiger partial charge in [0.1, 0.15) is 11.3 Å². The van der Waals surface area contributed by atoms with Crippen LogP contribution in [0.1, 0.15) is 18.7 Å². The molecule has 0 aliphatic carbocycles. The van der Waals surface area contributed by atoms with Crippen molar-refractivity contribution in [3.63, 3.8) is 0 Å². The molecule has 3 aromatic carbocycles. The first-order chi connectivity index (χ1) is 12.6. The number of fused-ring (bicyclic) bond motifs is 2. The average Bonchev–Trinajstić information content (AvgIpc) is 3.11. The summed E-state index contributed by atoms with van der Waals surface area (Å²) in [4.78, 5) is 14.4. The SMILES string of the molecule is C[C@H](c1cc2ccccc2o1)N(C)C(=O)Nc1cccc2ccccc12. The highest BCUT2D eigenvalue weighted by Gasteiger charge is 2.21. The normalized spacial score (nSPS) is 12.2. The fourth-order valence-corrected chi connectivity index (χ4v) is 3.11. The largest absolute Gasteiger partial charge is 0.459 e. The van der Waals surface area contributed by atoms with E-state index in [2.05, 4.69) is 5.32 Å². The summed E-state index contributed by atoms with van der Waals surface area (Å²) in [5.41, 5.74) is 1.63. The number of carbonyl (C=O) groups excluding carboxylic acids is 1. The molecule has 1 atom stereocenters. The van der Waals surface area contributed by atoms with Crippen molar-refractivity contribution < 1.29 is 9.21 Å². The van der Waals surface area contributed by atoms with Crippen LogP contribution in [0.4, 0.5) is 10.5 Å². The lowest BCUT2D eigenvalue weighted by atomic mass is 10.1. The Balaban J connectivity index is 1.57. The van der Waals surface area contributed by atoms with Crippen molar-refractivity contribution in [2.45, 2.75) is 13.0 Å². The van der Waals surface area contributed by atoms with Crippen molar-refractivity contribution in [3.05, 3.63) is 78.6 Å². The summed E-state index contributed by atoms with van der Waals surface area (Å²) in [6, 6.07) is 23.4. The van der Waals surface area contributed by atoms with Crippen molar-refractivity contribution in [2.75, 3.05) is 12.4 Å². The van der Waals surface area contributed by atoms with Gasteiger partial charge in [0.25, 0.3) is 0 Å². The number of nitrogens with one attached hydrogen (secondary N) is 1. The summed E-state index contributed by atoms with van der Waals surface area (Å²) >= 11 is 0. The Kier molecular flexibility index (Phi) is 4.09. The van der Waals surface area contributed by atoms with Gasteiger partial charge in [-0.05, 0) is 30.5 Å². The topological polar surface area (TPSA) is 45.5 Å². The molecule has 2 amide bonds. The van der Waals surface area contributed by atoms with Crippen molar-refractivity contribution in [3.8, 4) is 0 Å². The second kappa shape index (κ2) is 6.56. The minimum absolute atomic E-state index is 0.172. The van der Waals surface area contributed by atoms with E-state index < -0.39 is 0 Å². The van der Waals surface area contributed by atoms with Crippen LogP contribution >= 0.6 is 0 Å². The number of benzene rings is 3. The Morgan fingerprint density at radius 2 is 1.65 bits per heavy atom. The number of furan rings is 1. The number of nitrogens with zero attached hydrogens (tertiary/aromatic N) is 1. The molecule has 0 unspecified atom stereocenters. The zero-order valence-corrected chi connectivity index (χ0v) is 14.8. The molecule has 130 valence electrons. The van der Waals surface area contributed by atoms with E-state index in [9.17, 15) is 4.79 Å². The van der Waals surface area contributed by atoms with E-state index in [1.54, 1.807) is 11.9 Å². The van der Waals surface area contributed by atoms with Gasteiger partial charge < -0.3 is 14.6 Å². The molecular weight excluding hydrogens is 324 g/mol. The van der Waals surface area contributed by atoms with Crippen molar-refractivity contribution >= 4 is 33.5 Å². The Labute approximate surface area is 152 Å². The average molecular weight is 344 g/mol. The van der Waals surface area contributed by atoms with Crippen LogP contribution in [0.2, 0.25) is 0 Å². The van der Waals surface area contributed by atoms with Crippen LogP contribution in [-0.4, -0.2) is 18.0 Å². The monoisotopic (exact) mass is 344 g/mol. The van der Waals surface area contributed by atoms with Crippen LogP contribution < -0.4 is 5.32 Å². The molecule has 0 saturated heterocycles. The van der Waals surface area contributed by atoms with Gasteiger partial charge in [0.2, 0.25) is 0 Å². The minimum atomic E-state index is -0.183. The van der Waals surface area contributed by atoms with Crippen LogP contribution in [0.15, 0.2) is 77.2 Å². The number of hydrogen-bond acceptors (Lipinski definition) is 2. The first-order valence-corrected chi connectivity index (χ1v) is 8.63. The number of para-hydroxylation sites is 1. The van der Waals surface area contributed by atoms with Gasteiger partial charge in [0.05, 0.1) is 11.7 Å². The number of urea groups is 1. The Bertz CT molecular complexity index is 1050. The molecule has 4 heteroatoms. The summed E-state index contributed by atoms with van der Waals surface area (Å²) < 4.78 is 5.90. The first kappa shape index (κ1) is 16.2. The third-order valence-electron chi connectivity index (χ3n) is 4.79. The molecule has 0 fully saturated rings. The zero-order chi connectivity index (χ0) is 18.1. The summed E-state index contributed by atoms with van der Waals surface area (Å²) in [6.07, 6.45) is 0. The van der Waals surface area contributed by atoms with E-state index in [1.807, 2.05) is 79.7 Å². The van der Waals surface area contributed by atoms with Crippen molar-refractivity contribution in [1.29, 1.82) is 0 Å². The molecule has 4 aromatic rings. The lowest BCUT2D eigenvalue weighted by Gasteiger charge is -2.24. The summed E-state index contributed by atoms with van der Waals surface area (Å²) in [5.74, 6) is 0.766.